The molecule has 5 bridgehead atoms. The van der Waals surface area contributed by atoms with Crippen molar-refractivity contribution < 1.29 is 65.4 Å². The van der Waals surface area contributed by atoms with Gasteiger partial charge in [0, 0.05) is 79.6 Å². The minimum Gasteiger partial charge on any atom is -0.479 e. The van der Waals surface area contributed by atoms with Crippen LogP contribution in [-0.4, -0.2) is 68.2 Å². The Bertz CT molecular complexity index is 2060. The van der Waals surface area contributed by atoms with E-state index in [9.17, 15) is 14.4 Å². The molecule has 4 heterocycles. The minimum absolute atomic E-state index is 0.110. The van der Waals surface area contributed by atoms with Crippen LogP contribution in [0.15, 0.2) is 36.1 Å². The Kier molecular flexibility index (Phi) is 17.4. The number of ketones is 1. The molecule has 4 aliphatic heterocycles. The van der Waals surface area contributed by atoms with Crippen molar-refractivity contribution in [2.75, 3.05) is 25.6 Å². The van der Waals surface area contributed by atoms with E-state index in [1.807, 2.05) is 33.8 Å². The second-order valence-electron chi connectivity index (χ2n) is 15.4. The summed E-state index contributed by atoms with van der Waals surface area (Å²) in [6.45, 7) is 15.0. The molecule has 0 radical (unpaired) electrons. The van der Waals surface area contributed by atoms with Gasteiger partial charge in [-0.3, -0.25) is 14.4 Å². The zero-order valence-corrected chi connectivity index (χ0v) is 41.6. The normalized spacial score (nSPS) is 30.9. The monoisotopic (exact) mass is 943 g/mol. The fraction of sp³-hybridized carbons (Fsp3) is 0.537. The van der Waals surface area contributed by atoms with E-state index >= 15 is 0 Å². The maximum absolute atomic E-state index is 14.8. The van der Waals surface area contributed by atoms with Gasteiger partial charge in [-0.25, -0.2) is 0 Å². The zero-order valence-electron chi connectivity index (χ0n) is 35.8. The summed E-state index contributed by atoms with van der Waals surface area (Å²) in [4.78, 5) is 41.9. The van der Waals surface area contributed by atoms with Crippen molar-refractivity contribution in [2.24, 2.45) is 23.7 Å². The average Bonchev–Trinajstić information content (AvgIpc) is 3.87. The van der Waals surface area contributed by atoms with Crippen LogP contribution in [0.4, 0.5) is 5.69 Å². The van der Waals surface area contributed by atoms with Crippen LogP contribution in [0.1, 0.15) is 82.7 Å². The number of methoxy groups -OCH3 is 1. The lowest BCUT2D eigenvalue weighted by molar-refractivity contribution is -0.161. The van der Waals surface area contributed by atoms with Gasteiger partial charge in [0.15, 0.2) is 12.0 Å². The number of hydrogen-bond donors (Lipinski definition) is 1. The molecule has 14 atom stereocenters. The summed E-state index contributed by atoms with van der Waals surface area (Å²) in [5, 5.41) is 3.53. The van der Waals surface area contributed by atoms with Crippen molar-refractivity contribution in [3.05, 3.63) is 52.8 Å². The van der Waals surface area contributed by atoms with Crippen LogP contribution in [-0.2, 0) is 42.3 Å². The number of amides is 1. The van der Waals surface area contributed by atoms with Gasteiger partial charge in [0.05, 0.1) is 88.4 Å². The average molecular weight is 944 g/mol. The van der Waals surface area contributed by atoms with Crippen LogP contribution in [0.5, 0.6) is 23.0 Å². The number of hydrogen-bond acceptors (Lipinski definition) is 14. The molecule has 0 aromatic heterocycles. The van der Waals surface area contributed by atoms with Gasteiger partial charge in [0.25, 0.3) is 11.7 Å². The van der Waals surface area contributed by atoms with E-state index in [0.29, 0.717) is 11.1 Å². The summed E-state index contributed by atoms with van der Waals surface area (Å²) in [5.41, 5.74) is 1.31. The summed E-state index contributed by atoms with van der Waals surface area (Å²) in [6.07, 6.45) is 5.28. The quantitative estimate of drug-likeness (QED) is 0.189. The van der Waals surface area contributed by atoms with E-state index in [2.05, 4.69) is 52.7 Å². The maximum atomic E-state index is 14.8. The van der Waals surface area contributed by atoms with Crippen LogP contribution in [0.3, 0.4) is 0 Å². The van der Waals surface area contributed by atoms with Gasteiger partial charge >= 0.3 is 11.8 Å². The molecule has 1 saturated heterocycles. The van der Waals surface area contributed by atoms with Crippen molar-refractivity contribution in [3.63, 3.8) is 0 Å². The Morgan fingerprint density at radius 3 is 2.05 bits per heavy atom. The molecule has 1 N–H and O–H groups in total. The second kappa shape index (κ2) is 21.4. The highest BCUT2D eigenvalue weighted by Gasteiger charge is 2.51. The van der Waals surface area contributed by atoms with Crippen molar-refractivity contribution >= 4 is 81.5 Å². The van der Waals surface area contributed by atoms with Gasteiger partial charge < -0.3 is 56.4 Å². The zero-order chi connectivity index (χ0) is 44.9. The highest BCUT2D eigenvalue weighted by Crippen LogP contribution is 2.58. The number of carbonyl (C=O) groups excluding carboxylic acids is 3. The highest BCUT2D eigenvalue weighted by molar-refractivity contribution is 7.11. The molecule has 14 unspecified atom stereocenters. The number of carbonyl (C=O) groups is 3. The Morgan fingerprint density at radius 1 is 0.852 bits per heavy atom. The molecule has 0 saturated carbocycles. The van der Waals surface area contributed by atoms with E-state index in [-0.39, 0.29) is 93.9 Å². The molecule has 2 aromatic rings. The SMILES string of the molecule is CCC(=O)OC1C(C)C(OC)/C=C/OC2(C)Oc3c(C)c(OP)c4c(OP)c(c(C5OCCO5)c(OP)c4c3C2=O)NC(=O)/C(C)=C\C=C\C(C)C(OP)C(C)C(OP)C1C. The number of benzene rings is 2. The van der Waals surface area contributed by atoms with Gasteiger partial charge in [-0.15, -0.1) is 0 Å². The molecule has 0 aliphatic carbocycles. The summed E-state index contributed by atoms with van der Waals surface area (Å²) < 4.78 is 66.7. The lowest BCUT2D eigenvalue weighted by atomic mass is 9.78. The van der Waals surface area contributed by atoms with Crippen LogP contribution in [0.25, 0.3) is 10.8 Å². The van der Waals surface area contributed by atoms with E-state index < -0.39 is 54.1 Å². The predicted octanol–water partition coefficient (Wildman–Crippen LogP) is 8.21. The van der Waals surface area contributed by atoms with Crippen molar-refractivity contribution in [1.29, 1.82) is 0 Å². The highest BCUT2D eigenvalue weighted by atomic mass is 31.0. The summed E-state index contributed by atoms with van der Waals surface area (Å²) in [7, 11) is 12.9. The molecular formula is C41H58NO14P5. The Morgan fingerprint density at radius 2 is 1.48 bits per heavy atom. The number of fused-ring (bicyclic) bond motifs is 14. The lowest BCUT2D eigenvalue weighted by Crippen LogP contribution is -2.47. The molecule has 1 fully saturated rings. The first-order chi connectivity index (χ1) is 29.1. The van der Waals surface area contributed by atoms with Crippen LogP contribution < -0.4 is 23.6 Å². The minimum atomic E-state index is -1.90. The number of nitrogens with one attached hydrogen (secondary N) is 1. The van der Waals surface area contributed by atoms with Gasteiger partial charge in [0.2, 0.25) is 0 Å². The number of rotatable bonds is 9. The molecule has 61 heavy (non-hydrogen) atoms. The smallest absolute Gasteiger partial charge is 0.312 e. The van der Waals surface area contributed by atoms with Crippen molar-refractivity contribution in [2.45, 2.75) is 98.3 Å². The van der Waals surface area contributed by atoms with Crippen molar-refractivity contribution in [3.8, 4) is 23.0 Å². The molecule has 2 aromatic carbocycles. The fourth-order valence-corrected chi connectivity index (χ4v) is 10.1. The van der Waals surface area contributed by atoms with E-state index in [0.717, 1.165) is 0 Å². The van der Waals surface area contributed by atoms with Gasteiger partial charge in [-0.2, -0.15) is 0 Å². The molecule has 20 heteroatoms. The molecule has 4 aliphatic rings. The molecule has 1 amide bonds. The topological polar surface area (TPSA) is 165 Å². The first-order valence-corrected chi connectivity index (χ1v) is 22.2. The largest absolute Gasteiger partial charge is 0.479 e. The summed E-state index contributed by atoms with van der Waals surface area (Å²) in [6, 6.07) is 0. The van der Waals surface area contributed by atoms with Gasteiger partial charge in [-0.05, 0) is 19.9 Å². The molecule has 336 valence electrons. The summed E-state index contributed by atoms with van der Waals surface area (Å²) in [5.74, 6) is -3.88. The molecule has 15 nitrogen and oxygen atoms in total. The fourth-order valence-electron chi connectivity index (χ4n) is 8.35. The van der Waals surface area contributed by atoms with Crippen LogP contribution in [0.2, 0.25) is 0 Å². The number of ether oxygens (including phenoxy) is 6. The van der Waals surface area contributed by atoms with E-state index in [1.54, 1.807) is 39.0 Å². The first kappa shape index (κ1) is 49.5. The van der Waals surface area contributed by atoms with Gasteiger partial charge in [0.1, 0.15) is 23.4 Å². The molecule has 0 spiro atoms. The third kappa shape index (κ3) is 9.78. The first-order valence-electron chi connectivity index (χ1n) is 19.8. The van der Waals surface area contributed by atoms with Gasteiger partial charge in [-0.1, -0.05) is 52.8 Å². The Balaban J connectivity index is 1.78. The van der Waals surface area contributed by atoms with E-state index in [4.69, 9.17) is 51.0 Å². The van der Waals surface area contributed by atoms with Crippen LogP contribution in [0, 0.1) is 30.6 Å². The third-order valence-corrected chi connectivity index (χ3v) is 13.0. The summed E-state index contributed by atoms with van der Waals surface area (Å²) >= 11 is 0. The number of Topliss-reactive ketones (excluding diaryl/α,β-unsaturated/α-hetero) is 1. The Labute approximate surface area is 369 Å². The molecular weight excluding hydrogens is 885 g/mol. The predicted molar refractivity (Wildman–Crippen MR) is 246 cm³/mol. The maximum Gasteiger partial charge on any atom is 0.312 e. The molecule has 6 rings (SSSR count). The van der Waals surface area contributed by atoms with Crippen LogP contribution >= 0.6 is 47.3 Å². The second-order valence-corrected chi connectivity index (χ2v) is 16.7. The number of anilines is 1. The lowest BCUT2D eigenvalue weighted by Gasteiger charge is -2.40. The van der Waals surface area contributed by atoms with Crippen molar-refractivity contribution in [1.82, 2.24) is 0 Å². The Hall–Kier alpha value is -2.52. The standard InChI is InChI=1S/C41H58NO14P5/c1-10-25(43)50-32-20(4)24(46-9)14-15-49-41(8)38(44)28-26-27(35(54-59)23(7)34(28)51-41)37(56-61)30(29(36(26)55-60)40-47-16-17-48-40)42-39(45)19(3)13-11-12-18(2)31(52-57)21(5)33(53-58)22(32)6/h11-15,18,20-22,24,31-33,40H,10,16-17,57-61H2,1-9H3,(H,42,45)/b12-11+,15-14+,19-13-. The van der Waals surface area contributed by atoms with E-state index in [1.165, 1.54) is 20.3 Å². The number of allylic oxidation sites excluding steroid dienone is 2. The third-order valence-electron chi connectivity index (χ3n) is 11.7. The number of esters is 1.